The van der Waals surface area contributed by atoms with Crippen LogP contribution in [0, 0.1) is 17.2 Å². The second-order valence-corrected chi connectivity index (χ2v) is 8.48. The lowest BCUT2D eigenvalue weighted by Gasteiger charge is -2.35. The second-order valence-electron chi connectivity index (χ2n) is 8.48. The van der Waals surface area contributed by atoms with Crippen molar-refractivity contribution in [1.29, 1.82) is 5.26 Å². The number of rotatable bonds is 4. The maximum Gasteiger partial charge on any atom is 0.410 e. The third kappa shape index (κ3) is 6.65. The van der Waals surface area contributed by atoms with E-state index >= 15 is 0 Å². The van der Waals surface area contributed by atoms with E-state index in [1.54, 1.807) is 22.9 Å². The van der Waals surface area contributed by atoms with Gasteiger partial charge >= 0.3 is 12.1 Å². The fraction of sp³-hybridized carbons (Fsp3) is 0.714. The van der Waals surface area contributed by atoms with Crippen LogP contribution in [0.5, 0.6) is 0 Å². The molecule has 9 nitrogen and oxygen atoms in total. The Labute approximate surface area is 178 Å². The van der Waals surface area contributed by atoms with E-state index in [0.717, 1.165) is 0 Å². The van der Waals surface area contributed by atoms with Crippen molar-refractivity contribution in [2.45, 2.75) is 46.1 Å². The van der Waals surface area contributed by atoms with Gasteiger partial charge in [0.25, 0.3) is 5.91 Å². The number of nitrogens with zero attached hydrogens (tertiary/aromatic N) is 4. The van der Waals surface area contributed by atoms with Gasteiger partial charge in [0.2, 0.25) is 0 Å². The minimum absolute atomic E-state index is 0.0651. The Balaban J connectivity index is 1.88. The van der Waals surface area contributed by atoms with E-state index in [-0.39, 0.29) is 29.5 Å². The molecule has 0 radical (unpaired) electrons. The third-order valence-corrected chi connectivity index (χ3v) is 5.03. The summed E-state index contributed by atoms with van der Waals surface area (Å²) in [4.78, 5) is 41.9. The van der Waals surface area contributed by atoms with Gasteiger partial charge in [0.15, 0.2) is 0 Å². The summed E-state index contributed by atoms with van der Waals surface area (Å²) in [5.41, 5.74) is -0.481. The highest BCUT2D eigenvalue weighted by molar-refractivity contribution is 5.97. The minimum atomic E-state index is -0.546. The molecule has 2 aliphatic heterocycles. The van der Waals surface area contributed by atoms with Gasteiger partial charge in [0, 0.05) is 45.5 Å². The first-order valence-corrected chi connectivity index (χ1v) is 10.4. The van der Waals surface area contributed by atoms with Crippen LogP contribution >= 0.6 is 0 Å². The Bertz CT molecular complexity index is 706. The Hall–Kier alpha value is -2.76. The molecule has 2 rings (SSSR count). The number of piperazine rings is 1. The molecule has 0 aromatic heterocycles. The Morgan fingerprint density at radius 1 is 1.03 bits per heavy atom. The second kappa shape index (κ2) is 10.3. The highest BCUT2D eigenvalue weighted by Crippen LogP contribution is 2.20. The van der Waals surface area contributed by atoms with Crippen LogP contribution in [0.25, 0.3) is 0 Å². The maximum absolute atomic E-state index is 12.7. The van der Waals surface area contributed by atoms with Gasteiger partial charge in [-0.3, -0.25) is 9.59 Å². The number of ether oxygens (including phenoxy) is 2. The van der Waals surface area contributed by atoms with E-state index in [1.807, 2.05) is 31.7 Å². The molecular formula is C21H32N4O5. The molecule has 0 aliphatic carbocycles. The molecule has 2 saturated heterocycles. The quantitative estimate of drug-likeness (QED) is 0.388. The van der Waals surface area contributed by atoms with Crippen LogP contribution in [-0.2, 0) is 19.1 Å². The normalized spacial score (nSPS) is 18.6. The van der Waals surface area contributed by atoms with Gasteiger partial charge in [-0.25, -0.2) is 4.79 Å². The van der Waals surface area contributed by atoms with Crippen molar-refractivity contribution in [3.63, 3.8) is 0 Å². The van der Waals surface area contributed by atoms with Gasteiger partial charge < -0.3 is 24.2 Å². The van der Waals surface area contributed by atoms with Crippen LogP contribution in [0.15, 0.2) is 11.8 Å². The van der Waals surface area contributed by atoms with Gasteiger partial charge in [0.05, 0.1) is 12.5 Å². The van der Waals surface area contributed by atoms with E-state index in [2.05, 4.69) is 0 Å². The zero-order chi connectivity index (χ0) is 22.3. The standard InChI is InChI=1S/C21H32N4O5/c1-5-29-19(27)16-6-8-24(9-7-16)18(26)17(14-22)15-23-10-12-25(13-11-23)20(28)30-21(2,3)4/h15-16H,5-13H2,1-4H3/b17-15-. The van der Waals surface area contributed by atoms with Crippen molar-refractivity contribution in [2.75, 3.05) is 45.9 Å². The summed E-state index contributed by atoms with van der Waals surface area (Å²) in [6.45, 7) is 10.4. The van der Waals surface area contributed by atoms with Crippen LogP contribution in [-0.4, -0.2) is 84.1 Å². The van der Waals surface area contributed by atoms with Crippen molar-refractivity contribution in [2.24, 2.45) is 5.92 Å². The molecule has 0 aromatic rings. The molecule has 166 valence electrons. The monoisotopic (exact) mass is 420 g/mol. The molecule has 2 aliphatic rings. The van der Waals surface area contributed by atoms with Gasteiger partial charge in [-0.2, -0.15) is 5.26 Å². The summed E-state index contributed by atoms with van der Waals surface area (Å²) in [5.74, 6) is -0.734. The number of nitriles is 1. The van der Waals surface area contributed by atoms with Crippen molar-refractivity contribution >= 4 is 18.0 Å². The minimum Gasteiger partial charge on any atom is -0.466 e. The molecule has 2 fully saturated rings. The molecule has 2 heterocycles. The van der Waals surface area contributed by atoms with Crippen molar-refractivity contribution in [3.8, 4) is 6.07 Å². The predicted molar refractivity (Wildman–Crippen MR) is 109 cm³/mol. The SMILES string of the molecule is CCOC(=O)C1CCN(C(=O)/C(C#N)=C\N2CCN(C(=O)OC(C)(C)C)CC2)CC1. The zero-order valence-corrected chi connectivity index (χ0v) is 18.3. The number of esters is 1. The largest absolute Gasteiger partial charge is 0.466 e. The summed E-state index contributed by atoms with van der Waals surface area (Å²) >= 11 is 0. The number of piperidine rings is 1. The summed E-state index contributed by atoms with van der Waals surface area (Å²) in [6, 6.07) is 2.00. The van der Waals surface area contributed by atoms with E-state index in [4.69, 9.17) is 9.47 Å². The molecule has 9 heteroatoms. The van der Waals surface area contributed by atoms with E-state index in [0.29, 0.717) is 58.7 Å². The topological polar surface area (TPSA) is 103 Å². The Morgan fingerprint density at radius 3 is 2.13 bits per heavy atom. The highest BCUT2D eigenvalue weighted by atomic mass is 16.6. The van der Waals surface area contributed by atoms with Crippen LogP contribution in [0.4, 0.5) is 4.79 Å². The van der Waals surface area contributed by atoms with Gasteiger partial charge in [0.1, 0.15) is 17.2 Å². The lowest BCUT2D eigenvalue weighted by molar-refractivity contribution is -0.150. The zero-order valence-electron chi connectivity index (χ0n) is 18.3. The predicted octanol–water partition coefficient (Wildman–Crippen LogP) is 1.75. The number of amides is 2. The van der Waals surface area contributed by atoms with Crippen LogP contribution in [0.1, 0.15) is 40.5 Å². The first-order valence-electron chi connectivity index (χ1n) is 10.4. The summed E-state index contributed by atoms with van der Waals surface area (Å²) < 4.78 is 10.4. The van der Waals surface area contributed by atoms with Gasteiger partial charge in [-0.15, -0.1) is 0 Å². The highest BCUT2D eigenvalue weighted by Gasteiger charge is 2.30. The fourth-order valence-electron chi connectivity index (χ4n) is 3.42. The lowest BCUT2D eigenvalue weighted by atomic mass is 9.96. The lowest BCUT2D eigenvalue weighted by Crippen LogP contribution is -2.48. The molecule has 0 unspecified atom stereocenters. The summed E-state index contributed by atoms with van der Waals surface area (Å²) in [5, 5.41) is 9.48. The number of likely N-dealkylation sites (tertiary alicyclic amines) is 1. The number of carbonyl (C=O) groups is 3. The third-order valence-electron chi connectivity index (χ3n) is 5.03. The molecule has 0 N–H and O–H groups in total. The Kier molecular flexibility index (Phi) is 8.09. The molecule has 0 spiro atoms. The smallest absolute Gasteiger partial charge is 0.410 e. The molecule has 0 bridgehead atoms. The van der Waals surface area contributed by atoms with Gasteiger partial charge in [-0.1, -0.05) is 0 Å². The van der Waals surface area contributed by atoms with E-state index in [9.17, 15) is 19.6 Å². The Morgan fingerprint density at radius 2 is 1.63 bits per heavy atom. The fourth-order valence-corrected chi connectivity index (χ4v) is 3.42. The first-order chi connectivity index (χ1) is 14.1. The van der Waals surface area contributed by atoms with E-state index in [1.165, 1.54) is 0 Å². The van der Waals surface area contributed by atoms with Crippen LogP contribution < -0.4 is 0 Å². The molecule has 0 aromatic carbocycles. The van der Waals surface area contributed by atoms with Gasteiger partial charge in [-0.05, 0) is 40.5 Å². The maximum atomic E-state index is 12.7. The van der Waals surface area contributed by atoms with E-state index < -0.39 is 5.60 Å². The number of carbonyl (C=O) groups excluding carboxylic acids is 3. The molecule has 0 saturated carbocycles. The number of hydrogen-bond acceptors (Lipinski definition) is 7. The van der Waals surface area contributed by atoms with Crippen molar-refractivity contribution in [1.82, 2.24) is 14.7 Å². The number of hydrogen-bond donors (Lipinski definition) is 0. The molecule has 0 atom stereocenters. The van der Waals surface area contributed by atoms with Crippen LogP contribution in [0.2, 0.25) is 0 Å². The van der Waals surface area contributed by atoms with Crippen molar-refractivity contribution in [3.05, 3.63) is 11.8 Å². The molecule has 2 amide bonds. The average molecular weight is 421 g/mol. The first kappa shape index (κ1) is 23.5. The summed E-state index contributed by atoms with van der Waals surface area (Å²) in [6.07, 6.45) is 2.30. The molecule has 30 heavy (non-hydrogen) atoms. The van der Waals surface area contributed by atoms with Crippen LogP contribution in [0.3, 0.4) is 0 Å². The summed E-state index contributed by atoms with van der Waals surface area (Å²) in [7, 11) is 0. The van der Waals surface area contributed by atoms with Crippen molar-refractivity contribution < 1.29 is 23.9 Å². The average Bonchev–Trinajstić information content (AvgIpc) is 2.71. The molecular weight excluding hydrogens is 388 g/mol.